The third kappa shape index (κ3) is 2.60. The predicted octanol–water partition coefficient (Wildman–Crippen LogP) is 5.35. The van der Waals surface area contributed by atoms with E-state index in [1.165, 1.54) is 17.0 Å². The average molecular weight is 383 g/mol. The van der Waals surface area contributed by atoms with Crippen LogP contribution < -0.4 is 0 Å². The van der Waals surface area contributed by atoms with Gasteiger partial charge in [-0.1, -0.05) is 22.0 Å². The fourth-order valence-corrected chi connectivity index (χ4v) is 2.95. The molecule has 0 aliphatic carbocycles. The molecule has 0 atom stereocenters. The van der Waals surface area contributed by atoms with Crippen molar-refractivity contribution in [3.63, 3.8) is 0 Å². The Morgan fingerprint density at radius 3 is 2.63 bits per heavy atom. The Morgan fingerprint density at radius 1 is 1.00 bits per heavy atom. The minimum Gasteiger partial charge on any atom is -0.343 e. The summed E-state index contributed by atoms with van der Waals surface area (Å²) in [5, 5.41) is 1.19. The molecule has 1 aromatic heterocycles. The Hall–Kier alpha value is -1.13. The van der Waals surface area contributed by atoms with Gasteiger partial charge in [0, 0.05) is 28.1 Å². The van der Waals surface area contributed by atoms with Crippen LogP contribution >= 0.6 is 31.9 Å². The maximum atomic E-state index is 13.2. The molecule has 0 radical (unpaired) electrons. The Labute approximate surface area is 127 Å². The monoisotopic (exact) mass is 381 g/mol. The second-order valence-electron chi connectivity index (χ2n) is 4.40. The maximum absolute atomic E-state index is 13.2. The molecule has 19 heavy (non-hydrogen) atoms. The van der Waals surface area contributed by atoms with E-state index in [1.807, 2.05) is 24.4 Å². The first-order chi connectivity index (χ1) is 9.13. The number of hydrogen-bond donors (Lipinski definition) is 0. The SMILES string of the molecule is Fc1ccc(Cn2ccc3cc(Br)ccc32)cc1Br. The van der Waals surface area contributed by atoms with Crippen molar-refractivity contribution in [3.8, 4) is 0 Å². The molecule has 3 rings (SSSR count). The summed E-state index contributed by atoms with van der Waals surface area (Å²) in [6, 6.07) is 13.4. The fraction of sp³-hybridized carbons (Fsp3) is 0.0667. The summed E-state index contributed by atoms with van der Waals surface area (Å²) in [6.45, 7) is 0.726. The lowest BCUT2D eigenvalue weighted by Crippen LogP contribution is -1.98. The van der Waals surface area contributed by atoms with Gasteiger partial charge in [-0.2, -0.15) is 0 Å². The van der Waals surface area contributed by atoms with Crippen LogP contribution in [0.15, 0.2) is 57.6 Å². The molecule has 0 N–H and O–H groups in total. The third-order valence-corrected chi connectivity index (χ3v) is 4.17. The summed E-state index contributed by atoms with van der Waals surface area (Å²) in [6.07, 6.45) is 2.05. The van der Waals surface area contributed by atoms with Crippen molar-refractivity contribution in [3.05, 3.63) is 69.0 Å². The van der Waals surface area contributed by atoms with Gasteiger partial charge in [-0.25, -0.2) is 4.39 Å². The van der Waals surface area contributed by atoms with Gasteiger partial charge in [-0.3, -0.25) is 0 Å². The Morgan fingerprint density at radius 2 is 1.84 bits per heavy atom. The van der Waals surface area contributed by atoms with Gasteiger partial charge in [-0.05, 0) is 57.9 Å². The minimum atomic E-state index is -0.231. The molecule has 2 aromatic carbocycles. The molecule has 1 heterocycles. The highest BCUT2D eigenvalue weighted by molar-refractivity contribution is 9.10. The number of rotatable bonds is 2. The van der Waals surface area contributed by atoms with Crippen molar-refractivity contribution in [1.82, 2.24) is 4.57 Å². The average Bonchev–Trinajstić information content (AvgIpc) is 2.76. The van der Waals surface area contributed by atoms with Gasteiger partial charge in [0.25, 0.3) is 0 Å². The van der Waals surface area contributed by atoms with E-state index in [1.54, 1.807) is 0 Å². The van der Waals surface area contributed by atoms with Crippen molar-refractivity contribution in [1.29, 1.82) is 0 Å². The van der Waals surface area contributed by atoms with Crippen LogP contribution in [0, 0.1) is 5.82 Å². The van der Waals surface area contributed by atoms with Gasteiger partial charge in [0.2, 0.25) is 0 Å². The molecule has 0 unspecified atom stereocenters. The Kier molecular flexibility index (Phi) is 3.46. The molecule has 1 nitrogen and oxygen atoms in total. The lowest BCUT2D eigenvalue weighted by Gasteiger charge is -2.07. The quantitative estimate of drug-likeness (QED) is 0.562. The molecule has 0 bridgehead atoms. The van der Waals surface area contributed by atoms with Crippen LogP contribution in [0.3, 0.4) is 0 Å². The van der Waals surface area contributed by atoms with Gasteiger partial charge < -0.3 is 4.57 Å². The van der Waals surface area contributed by atoms with Crippen molar-refractivity contribution in [2.45, 2.75) is 6.54 Å². The molecule has 96 valence electrons. The van der Waals surface area contributed by atoms with Crippen molar-refractivity contribution in [2.24, 2.45) is 0 Å². The van der Waals surface area contributed by atoms with Crippen LogP contribution in [0.25, 0.3) is 10.9 Å². The summed E-state index contributed by atoms with van der Waals surface area (Å²) < 4.78 is 16.9. The molecule has 0 saturated carbocycles. The first kappa shape index (κ1) is 12.9. The molecule has 0 aliphatic heterocycles. The van der Waals surface area contributed by atoms with Crippen LogP contribution in [-0.2, 0) is 6.54 Å². The smallest absolute Gasteiger partial charge is 0.137 e. The molecule has 0 amide bonds. The number of halogens is 3. The zero-order valence-electron chi connectivity index (χ0n) is 9.91. The van der Waals surface area contributed by atoms with E-state index >= 15 is 0 Å². The summed E-state index contributed by atoms with van der Waals surface area (Å²) in [5.74, 6) is -0.231. The van der Waals surface area contributed by atoms with E-state index < -0.39 is 0 Å². The molecule has 4 heteroatoms. The van der Waals surface area contributed by atoms with E-state index in [2.05, 4.69) is 54.6 Å². The number of benzene rings is 2. The normalized spacial score (nSPS) is 11.1. The molecular weight excluding hydrogens is 373 g/mol. The lowest BCUT2D eigenvalue weighted by molar-refractivity contribution is 0.619. The van der Waals surface area contributed by atoms with Crippen molar-refractivity contribution >= 4 is 42.8 Å². The van der Waals surface area contributed by atoms with E-state index in [4.69, 9.17) is 0 Å². The van der Waals surface area contributed by atoms with Gasteiger partial charge in [-0.15, -0.1) is 0 Å². The summed E-state index contributed by atoms with van der Waals surface area (Å²) in [7, 11) is 0. The van der Waals surface area contributed by atoms with E-state index in [0.29, 0.717) is 4.47 Å². The topological polar surface area (TPSA) is 4.93 Å². The van der Waals surface area contributed by atoms with E-state index in [9.17, 15) is 4.39 Å². The number of nitrogens with zero attached hydrogens (tertiary/aromatic N) is 1. The second-order valence-corrected chi connectivity index (χ2v) is 6.17. The van der Waals surface area contributed by atoms with Crippen LogP contribution in [0.2, 0.25) is 0 Å². The Bertz CT molecular complexity index is 749. The van der Waals surface area contributed by atoms with Crippen molar-refractivity contribution < 1.29 is 4.39 Å². The van der Waals surface area contributed by atoms with Gasteiger partial charge in [0.1, 0.15) is 5.82 Å². The van der Waals surface area contributed by atoms with Crippen molar-refractivity contribution in [2.75, 3.05) is 0 Å². The number of hydrogen-bond acceptors (Lipinski definition) is 0. The van der Waals surface area contributed by atoms with Gasteiger partial charge >= 0.3 is 0 Å². The molecule has 0 saturated heterocycles. The molecule has 3 aromatic rings. The van der Waals surface area contributed by atoms with Crippen LogP contribution in [-0.4, -0.2) is 4.57 Å². The summed E-state index contributed by atoms with van der Waals surface area (Å²) in [5.41, 5.74) is 2.23. The largest absolute Gasteiger partial charge is 0.343 e. The molecule has 0 aliphatic rings. The predicted molar refractivity (Wildman–Crippen MR) is 82.8 cm³/mol. The van der Waals surface area contributed by atoms with Gasteiger partial charge in [0.05, 0.1) is 4.47 Å². The highest BCUT2D eigenvalue weighted by Gasteiger charge is 2.04. The van der Waals surface area contributed by atoms with Crippen LogP contribution in [0.4, 0.5) is 4.39 Å². The second kappa shape index (κ2) is 5.10. The van der Waals surface area contributed by atoms with E-state index in [-0.39, 0.29) is 5.82 Å². The minimum absolute atomic E-state index is 0.231. The molecule has 0 spiro atoms. The maximum Gasteiger partial charge on any atom is 0.137 e. The zero-order valence-corrected chi connectivity index (χ0v) is 13.1. The fourth-order valence-electron chi connectivity index (χ4n) is 2.14. The van der Waals surface area contributed by atoms with Crippen LogP contribution in [0.5, 0.6) is 0 Å². The third-order valence-electron chi connectivity index (χ3n) is 3.07. The first-order valence-electron chi connectivity index (χ1n) is 5.82. The summed E-state index contributed by atoms with van der Waals surface area (Å²) in [4.78, 5) is 0. The summed E-state index contributed by atoms with van der Waals surface area (Å²) >= 11 is 6.69. The lowest BCUT2D eigenvalue weighted by atomic mass is 10.2. The highest BCUT2D eigenvalue weighted by Crippen LogP contribution is 2.23. The standard InChI is InChI=1S/C15H10Br2FN/c16-12-2-4-15-11(8-12)5-6-19(15)9-10-1-3-14(18)13(17)7-10/h1-8H,9H2. The number of aromatic nitrogens is 1. The van der Waals surface area contributed by atoms with E-state index in [0.717, 1.165) is 16.6 Å². The Balaban J connectivity index is 1.98. The zero-order chi connectivity index (χ0) is 13.4. The molecular formula is C15H10Br2FN. The highest BCUT2D eigenvalue weighted by atomic mass is 79.9. The number of fused-ring (bicyclic) bond motifs is 1. The first-order valence-corrected chi connectivity index (χ1v) is 7.40. The molecule has 0 fully saturated rings. The van der Waals surface area contributed by atoms with Gasteiger partial charge in [0.15, 0.2) is 0 Å². The van der Waals surface area contributed by atoms with Crippen LogP contribution in [0.1, 0.15) is 5.56 Å².